The summed E-state index contributed by atoms with van der Waals surface area (Å²) >= 11 is 2.87. The molecule has 1 aromatic rings. The predicted octanol–water partition coefficient (Wildman–Crippen LogP) is 2.92. The van der Waals surface area contributed by atoms with Crippen molar-refractivity contribution in [2.75, 3.05) is 0 Å². The van der Waals surface area contributed by atoms with Gasteiger partial charge in [-0.1, -0.05) is 6.07 Å². The second-order valence-corrected chi connectivity index (χ2v) is 3.84. The van der Waals surface area contributed by atoms with Crippen LogP contribution < -0.4 is 5.73 Å². The topological polar surface area (TPSA) is 69.2 Å². The van der Waals surface area contributed by atoms with Crippen LogP contribution in [-0.4, -0.2) is 11.1 Å². The maximum Gasteiger partial charge on any atom is 0.407 e. The van der Waals surface area contributed by atoms with Crippen molar-refractivity contribution in [2.45, 2.75) is 12.2 Å². The third-order valence-corrected chi connectivity index (χ3v) is 2.55. The van der Waals surface area contributed by atoms with E-state index in [0.29, 0.717) is 0 Å². The van der Waals surface area contributed by atoms with Crippen LogP contribution in [0.1, 0.15) is 11.6 Å². The van der Waals surface area contributed by atoms with Crippen LogP contribution in [0.4, 0.5) is 18.9 Å². The zero-order valence-electron chi connectivity index (χ0n) is 7.66. The summed E-state index contributed by atoms with van der Waals surface area (Å²) in [6.07, 6.45) is -4.62. The number of hydrogen-bond donors (Lipinski definition) is 1. The van der Waals surface area contributed by atoms with E-state index >= 15 is 0 Å². The highest BCUT2D eigenvalue weighted by atomic mass is 79.9. The van der Waals surface area contributed by atoms with Crippen LogP contribution in [0.2, 0.25) is 0 Å². The van der Waals surface area contributed by atoms with Crippen LogP contribution in [0.3, 0.4) is 0 Å². The van der Waals surface area contributed by atoms with Crippen molar-refractivity contribution in [2.24, 2.45) is 5.73 Å². The molecule has 0 bridgehead atoms. The molecule has 0 saturated carbocycles. The number of nitrogens with zero attached hydrogens (tertiary/aromatic N) is 1. The molecule has 2 N–H and O–H groups in total. The average Bonchev–Trinajstić information content (AvgIpc) is 2.15. The SMILES string of the molecule is N[C@@H](c1ccc(Br)c([N+](=O)[O-])c1)C(F)(F)F. The molecule has 88 valence electrons. The molecule has 0 fully saturated rings. The molecule has 16 heavy (non-hydrogen) atoms. The predicted molar refractivity (Wildman–Crippen MR) is 53.8 cm³/mol. The molecular weight excluding hydrogens is 293 g/mol. The summed E-state index contributed by atoms with van der Waals surface area (Å²) in [5.41, 5.74) is 4.14. The molecule has 0 saturated heterocycles. The van der Waals surface area contributed by atoms with E-state index in [1.807, 2.05) is 0 Å². The van der Waals surface area contributed by atoms with Crippen LogP contribution >= 0.6 is 15.9 Å². The maximum absolute atomic E-state index is 12.3. The van der Waals surface area contributed by atoms with E-state index in [2.05, 4.69) is 15.9 Å². The van der Waals surface area contributed by atoms with Crippen molar-refractivity contribution < 1.29 is 18.1 Å². The van der Waals surface area contributed by atoms with Gasteiger partial charge in [0.25, 0.3) is 5.69 Å². The summed E-state index contributed by atoms with van der Waals surface area (Å²) in [4.78, 5) is 9.72. The standard InChI is InChI=1S/C8H6BrF3N2O2/c9-5-2-1-4(3-6(5)14(15)16)7(13)8(10,11)12/h1-3,7H,13H2/t7-/m0/s1. The number of rotatable bonds is 2. The van der Waals surface area contributed by atoms with Crippen LogP contribution in [0, 0.1) is 10.1 Å². The van der Waals surface area contributed by atoms with E-state index in [4.69, 9.17) is 5.73 Å². The Balaban J connectivity index is 3.18. The summed E-state index contributed by atoms with van der Waals surface area (Å²) < 4.78 is 36.9. The van der Waals surface area contributed by atoms with E-state index in [-0.39, 0.29) is 10.0 Å². The van der Waals surface area contributed by atoms with Gasteiger partial charge in [0, 0.05) is 6.07 Å². The quantitative estimate of drug-likeness (QED) is 0.674. The molecule has 8 heteroatoms. The molecule has 1 atom stereocenters. The highest BCUT2D eigenvalue weighted by molar-refractivity contribution is 9.10. The van der Waals surface area contributed by atoms with Crippen molar-refractivity contribution in [1.29, 1.82) is 0 Å². The van der Waals surface area contributed by atoms with E-state index in [1.165, 1.54) is 6.07 Å². The van der Waals surface area contributed by atoms with Crippen LogP contribution in [0.15, 0.2) is 22.7 Å². The van der Waals surface area contributed by atoms with Crippen LogP contribution in [-0.2, 0) is 0 Å². The van der Waals surface area contributed by atoms with Gasteiger partial charge in [-0.05, 0) is 27.6 Å². The minimum Gasteiger partial charge on any atom is -0.316 e. The molecule has 1 rings (SSSR count). The number of halogens is 4. The third-order valence-electron chi connectivity index (χ3n) is 1.88. The Bertz CT molecular complexity index is 422. The zero-order valence-corrected chi connectivity index (χ0v) is 9.25. The number of benzene rings is 1. The number of alkyl halides is 3. The van der Waals surface area contributed by atoms with Crippen molar-refractivity contribution in [3.05, 3.63) is 38.3 Å². The molecule has 4 nitrogen and oxygen atoms in total. The Labute approximate surface area is 96.5 Å². The number of nitro benzene ring substituents is 1. The minimum atomic E-state index is -4.62. The Hall–Kier alpha value is -1.15. The lowest BCUT2D eigenvalue weighted by Gasteiger charge is -2.15. The molecule has 0 aromatic heterocycles. The Morgan fingerprint density at radius 3 is 2.44 bits per heavy atom. The molecule has 0 aliphatic heterocycles. The third kappa shape index (κ3) is 2.70. The Morgan fingerprint density at radius 2 is 2.00 bits per heavy atom. The fourth-order valence-corrected chi connectivity index (χ4v) is 1.44. The van der Waals surface area contributed by atoms with Crippen molar-refractivity contribution in [3.8, 4) is 0 Å². The minimum absolute atomic E-state index is 0.107. The van der Waals surface area contributed by atoms with E-state index in [0.717, 1.165) is 12.1 Å². The Kier molecular flexibility index (Phi) is 3.54. The highest BCUT2D eigenvalue weighted by Gasteiger charge is 2.38. The zero-order chi connectivity index (χ0) is 12.5. The number of hydrogen-bond acceptors (Lipinski definition) is 3. The summed E-state index contributed by atoms with van der Waals surface area (Å²) in [7, 11) is 0. The second-order valence-electron chi connectivity index (χ2n) is 2.99. The molecule has 0 spiro atoms. The maximum atomic E-state index is 12.3. The molecule has 0 aliphatic carbocycles. The summed E-state index contributed by atoms with van der Waals surface area (Å²) in [5.74, 6) is 0. The first-order valence-electron chi connectivity index (χ1n) is 3.99. The Morgan fingerprint density at radius 1 is 1.44 bits per heavy atom. The highest BCUT2D eigenvalue weighted by Crippen LogP contribution is 2.34. The monoisotopic (exact) mass is 298 g/mol. The van der Waals surface area contributed by atoms with Crippen LogP contribution in [0.5, 0.6) is 0 Å². The first-order valence-corrected chi connectivity index (χ1v) is 4.79. The van der Waals surface area contributed by atoms with E-state index < -0.39 is 22.8 Å². The van der Waals surface area contributed by atoms with Gasteiger partial charge in [0.1, 0.15) is 6.04 Å². The first-order chi connectivity index (χ1) is 7.23. The van der Waals surface area contributed by atoms with Crippen molar-refractivity contribution in [3.63, 3.8) is 0 Å². The average molecular weight is 299 g/mol. The number of nitro groups is 1. The van der Waals surface area contributed by atoms with Gasteiger partial charge in [0.05, 0.1) is 9.40 Å². The second kappa shape index (κ2) is 4.38. The van der Waals surface area contributed by atoms with Crippen molar-refractivity contribution in [1.82, 2.24) is 0 Å². The van der Waals surface area contributed by atoms with Crippen molar-refractivity contribution >= 4 is 21.6 Å². The van der Waals surface area contributed by atoms with Gasteiger partial charge in [-0.3, -0.25) is 10.1 Å². The molecule has 0 aliphatic rings. The summed E-state index contributed by atoms with van der Waals surface area (Å²) in [6, 6.07) is 0.843. The smallest absolute Gasteiger partial charge is 0.316 e. The van der Waals surface area contributed by atoms with Gasteiger partial charge in [-0.2, -0.15) is 13.2 Å². The van der Waals surface area contributed by atoms with Gasteiger partial charge in [-0.15, -0.1) is 0 Å². The summed E-state index contributed by atoms with van der Waals surface area (Å²) in [5, 5.41) is 10.5. The normalized spacial score (nSPS) is 13.6. The molecule has 0 radical (unpaired) electrons. The lowest BCUT2D eigenvalue weighted by Crippen LogP contribution is -2.28. The molecular formula is C8H6BrF3N2O2. The van der Waals surface area contributed by atoms with Gasteiger partial charge in [-0.25, -0.2) is 0 Å². The number of nitrogens with two attached hydrogens (primary N) is 1. The van der Waals surface area contributed by atoms with Gasteiger partial charge >= 0.3 is 6.18 Å². The molecule has 1 aromatic carbocycles. The van der Waals surface area contributed by atoms with Gasteiger partial charge in [0.15, 0.2) is 0 Å². The first kappa shape index (κ1) is 12.9. The lowest BCUT2D eigenvalue weighted by atomic mass is 10.1. The van der Waals surface area contributed by atoms with E-state index in [9.17, 15) is 23.3 Å². The molecule has 0 amide bonds. The van der Waals surface area contributed by atoms with E-state index in [1.54, 1.807) is 0 Å². The lowest BCUT2D eigenvalue weighted by molar-refractivity contribution is -0.385. The van der Waals surface area contributed by atoms with Crippen LogP contribution in [0.25, 0.3) is 0 Å². The van der Waals surface area contributed by atoms with Gasteiger partial charge in [0.2, 0.25) is 0 Å². The molecule has 0 heterocycles. The fourth-order valence-electron chi connectivity index (χ4n) is 1.05. The summed E-state index contributed by atoms with van der Waals surface area (Å²) in [6.45, 7) is 0. The molecule has 0 unspecified atom stereocenters. The fraction of sp³-hybridized carbons (Fsp3) is 0.250. The largest absolute Gasteiger partial charge is 0.407 e. The van der Waals surface area contributed by atoms with Gasteiger partial charge < -0.3 is 5.73 Å².